The molecule has 0 amide bonds. The van der Waals surface area contributed by atoms with Gasteiger partial charge in [0.1, 0.15) is 18.2 Å². The largest absolute Gasteiger partial charge is 0.382 e. The molecule has 11 heteroatoms. The molecule has 0 aliphatic carbocycles. The predicted molar refractivity (Wildman–Crippen MR) is 154 cm³/mol. The van der Waals surface area contributed by atoms with Crippen molar-refractivity contribution in [3.8, 4) is 0 Å². The molecule has 2 heterocycles. The normalized spacial score (nSPS) is 14.2. The van der Waals surface area contributed by atoms with Crippen molar-refractivity contribution < 1.29 is 18.7 Å². The summed E-state index contributed by atoms with van der Waals surface area (Å²) in [5, 5.41) is 0. The summed E-state index contributed by atoms with van der Waals surface area (Å²) in [6.07, 6.45) is 19.5. The van der Waals surface area contributed by atoms with Gasteiger partial charge in [-0.1, -0.05) is 77.6 Å². The molecular formula is C26H48N5O4PS. The van der Waals surface area contributed by atoms with Crippen molar-refractivity contribution in [1.82, 2.24) is 19.5 Å². The lowest BCUT2D eigenvalue weighted by Gasteiger charge is -2.17. The van der Waals surface area contributed by atoms with Gasteiger partial charge in [0.2, 0.25) is 0 Å². The Morgan fingerprint density at radius 1 is 0.973 bits per heavy atom. The molecule has 1 unspecified atom stereocenters. The van der Waals surface area contributed by atoms with E-state index in [1.165, 1.54) is 83.4 Å². The lowest BCUT2D eigenvalue weighted by Crippen LogP contribution is -2.17. The molecule has 2 rings (SSSR count). The van der Waals surface area contributed by atoms with Gasteiger partial charge in [0.15, 0.2) is 11.5 Å². The summed E-state index contributed by atoms with van der Waals surface area (Å²) >= 11 is 1.90. The molecule has 0 aromatic carbocycles. The van der Waals surface area contributed by atoms with Crippen molar-refractivity contribution >= 4 is 36.3 Å². The summed E-state index contributed by atoms with van der Waals surface area (Å²) in [5.41, 5.74) is 6.94. The van der Waals surface area contributed by atoms with Crippen LogP contribution in [-0.4, -0.2) is 55.0 Å². The van der Waals surface area contributed by atoms with E-state index >= 15 is 0 Å². The number of hydrogen-bond donors (Lipinski definition) is 2. The van der Waals surface area contributed by atoms with Gasteiger partial charge in [-0.2, -0.15) is 11.8 Å². The summed E-state index contributed by atoms with van der Waals surface area (Å²) in [6, 6.07) is 0. The predicted octanol–water partition coefficient (Wildman–Crippen LogP) is 6.80. The molecule has 0 aliphatic heterocycles. The van der Waals surface area contributed by atoms with Crippen molar-refractivity contribution in [3.63, 3.8) is 0 Å². The number of aromatic nitrogens is 4. The number of ether oxygens (including phenoxy) is 1. The standard InChI is InChI=1S/C26H48N5O4PS/c1-3-4-5-6-7-8-9-10-11-12-13-14-17-37-18-15-16-35-36(32,33)22-34-23(2)19-31-21-30-24-25(27)28-20-29-26(24)31/h20-21,23H,3-19,22H2,1-2H3,(H,32,33)(H2,27,28,29)/t23-/m1/s1. The second-order valence-electron chi connectivity index (χ2n) is 9.76. The lowest BCUT2D eigenvalue weighted by molar-refractivity contribution is 0.0718. The van der Waals surface area contributed by atoms with Gasteiger partial charge in [0.25, 0.3) is 0 Å². The third-order valence-corrected chi connectivity index (χ3v) is 8.49. The minimum atomic E-state index is -3.78. The molecule has 0 fully saturated rings. The van der Waals surface area contributed by atoms with Gasteiger partial charge < -0.3 is 24.5 Å². The number of hydrogen-bond acceptors (Lipinski definition) is 8. The quantitative estimate of drug-likeness (QED) is 0.112. The minimum absolute atomic E-state index is 0.263. The molecule has 0 aliphatic rings. The van der Waals surface area contributed by atoms with E-state index in [0.29, 0.717) is 23.5 Å². The van der Waals surface area contributed by atoms with E-state index in [0.717, 1.165) is 17.9 Å². The summed E-state index contributed by atoms with van der Waals surface area (Å²) in [5.74, 6) is 2.40. The van der Waals surface area contributed by atoms with Crippen LogP contribution >= 0.6 is 19.4 Å². The number of rotatable bonds is 23. The second-order valence-corrected chi connectivity index (χ2v) is 12.8. The van der Waals surface area contributed by atoms with E-state index in [4.69, 9.17) is 15.0 Å². The van der Waals surface area contributed by atoms with Crippen LogP contribution in [0.2, 0.25) is 0 Å². The molecule has 0 radical (unpaired) electrons. The molecule has 0 bridgehead atoms. The number of anilines is 1. The second kappa shape index (κ2) is 19.0. The van der Waals surface area contributed by atoms with Gasteiger partial charge >= 0.3 is 7.60 Å². The number of thioether (sulfide) groups is 1. The SMILES string of the molecule is CCCCCCCCCCCCCCSCCCOP(=O)(O)CO[C@H](C)Cn1cnc2c(N)ncnc21. The van der Waals surface area contributed by atoms with Gasteiger partial charge in [-0.05, 0) is 31.3 Å². The van der Waals surface area contributed by atoms with E-state index in [1.807, 2.05) is 18.7 Å². The van der Waals surface area contributed by atoms with Crippen LogP contribution in [0, 0.1) is 0 Å². The fourth-order valence-corrected chi connectivity index (χ4v) is 6.00. The molecule has 2 atom stereocenters. The Morgan fingerprint density at radius 3 is 2.27 bits per heavy atom. The number of nitrogen functional groups attached to an aromatic ring is 1. The summed E-state index contributed by atoms with van der Waals surface area (Å²) in [4.78, 5) is 22.4. The fourth-order valence-electron chi connectivity index (χ4n) is 4.14. The van der Waals surface area contributed by atoms with Crippen molar-refractivity contribution in [3.05, 3.63) is 12.7 Å². The number of unbranched alkanes of at least 4 members (excludes halogenated alkanes) is 11. The molecule has 0 saturated carbocycles. The molecule has 9 nitrogen and oxygen atoms in total. The third kappa shape index (κ3) is 14.0. The molecule has 212 valence electrons. The van der Waals surface area contributed by atoms with Gasteiger partial charge in [-0.15, -0.1) is 0 Å². The summed E-state index contributed by atoms with van der Waals surface area (Å²) in [6.45, 7) is 4.77. The van der Waals surface area contributed by atoms with Crippen LogP contribution in [-0.2, 0) is 20.4 Å². The van der Waals surface area contributed by atoms with Gasteiger partial charge in [0.05, 0.1) is 25.6 Å². The number of imidazole rings is 1. The van der Waals surface area contributed by atoms with Crippen LogP contribution in [0.1, 0.15) is 97.3 Å². The molecule has 0 spiro atoms. The molecule has 2 aromatic rings. The highest BCUT2D eigenvalue weighted by Crippen LogP contribution is 2.42. The molecule has 2 aromatic heterocycles. The number of nitrogens with two attached hydrogens (primary N) is 1. The highest BCUT2D eigenvalue weighted by Gasteiger charge is 2.21. The monoisotopic (exact) mass is 557 g/mol. The first-order chi connectivity index (χ1) is 17.9. The van der Waals surface area contributed by atoms with Gasteiger partial charge in [-0.25, -0.2) is 15.0 Å². The maximum absolute atomic E-state index is 12.3. The Kier molecular flexibility index (Phi) is 16.4. The zero-order valence-electron chi connectivity index (χ0n) is 22.9. The highest BCUT2D eigenvalue weighted by atomic mass is 32.2. The Hall–Kier alpha value is -1.19. The van der Waals surface area contributed by atoms with E-state index in [9.17, 15) is 9.46 Å². The maximum atomic E-state index is 12.3. The smallest absolute Gasteiger partial charge is 0.353 e. The molecule has 0 saturated heterocycles. The van der Waals surface area contributed by atoms with Crippen molar-refractivity contribution in [2.45, 2.75) is 110 Å². The van der Waals surface area contributed by atoms with Crippen LogP contribution in [0.5, 0.6) is 0 Å². The Labute approximate surface area is 227 Å². The Morgan fingerprint density at radius 2 is 1.59 bits per heavy atom. The Bertz CT molecular complexity index is 916. The molecular weight excluding hydrogens is 509 g/mol. The van der Waals surface area contributed by atoms with E-state index in [2.05, 4.69) is 21.9 Å². The van der Waals surface area contributed by atoms with Crippen molar-refractivity contribution in [1.29, 1.82) is 0 Å². The zero-order valence-corrected chi connectivity index (χ0v) is 24.6. The first-order valence-corrected chi connectivity index (χ1v) is 16.9. The average molecular weight is 558 g/mol. The lowest BCUT2D eigenvalue weighted by atomic mass is 10.1. The summed E-state index contributed by atoms with van der Waals surface area (Å²) in [7, 11) is -3.78. The van der Waals surface area contributed by atoms with Gasteiger partial charge in [-0.3, -0.25) is 4.57 Å². The Balaban J connectivity index is 1.41. The van der Waals surface area contributed by atoms with E-state index in [-0.39, 0.29) is 19.1 Å². The minimum Gasteiger partial charge on any atom is -0.382 e. The van der Waals surface area contributed by atoms with Crippen LogP contribution in [0.3, 0.4) is 0 Å². The zero-order chi connectivity index (χ0) is 26.8. The first kappa shape index (κ1) is 32.0. The highest BCUT2D eigenvalue weighted by molar-refractivity contribution is 7.99. The van der Waals surface area contributed by atoms with Crippen LogP contribution in [0.15, 0.2) is 12.7 Å². The number of fused-ring (bicyclic) bond motifs is 1. The maximum Gasteiger partial charge on any atom is 0.353 e. The van der Waals surface area contributed by atoms with Crippen molar-refractivity contribution in [2.75, 3.05) is 30.2 Å². The molecule has 3 N–H and O–H groups in total. The molecule has 37 heavy (non-hydrogen) atoms. The summed E-state index contributed by atoms with van der Waals surface area (Å²) < 4.78 is 24.9. The van der Waals surface area contributed by atoms with E-state index in [1.54, 1.807) is 10.9 Å². The first-order valence-electron chi connectivity index (χ1n) is 14.0. The van der Waals surface area contributed by atoms with Crippen LogP contribution in [0.4, 0.5) is 5.82 Å². The van der Waals surface area contributed by atoms with E-state index < -0.39 is 7.60 Å². The van der Waals surface area contributed by atoms with Crippen LogP contribution < -0.4 is 5.73 Å². The third-order valence-electron chi connectivity index (χ3n) is 6.27. The number of nitrogens with zero attached hydrogens (tertiary/aromatic N) is 4. The fraction of sp³-hybridized carbons (Fsp3) is 0.808. The van der Waals surface area contributed by atoms with Gasteiger partial charge in [0, 0.05) is 0 Å². The average Bonchev–Trinajstić information content (AvgIpc) is 3.28. The topological polar surface area (TPSA) is 125 Å². The van der Waals surface area contributed by atoms with Crippen LogP contribution in [0.25, 0.3) is 11.2 Å². The van der Waals surface area contributed by atoms with Crippen molar-refractivity contribution in [2.24, 2.45) is 0 Å².